The first kappa shape index (κ1) is 19.5. The van der Waals surface area contributed by atoms with Gasteiger partial charge in [-0.15, -0.1) is 0 Å². The molecule has 2 N–H and O–H groups in total. The molecule has 1 fully saturated rings. The summed E-state index contributed by atoms with van der Waals surface area (Å²) in [6.07, 6.45) is 2.32. The maximum atomic E-state index is 5.91. The van der Waals surface area contributed by atoms with Crippen molar-refractivity contribution < 1.29 is 9.47 Å². The molecule has 0 radical (unpaired) electrons. The minimum Gasteiger partial charge on any atom is -0.492 e. The summed E-state index contributed by atoms with van der Waals surface area (Å²) in [6.45, 7) is 9.16. The molecule has 0 spiro atoms. The molecule has 0 amide bonds. The molecular formula is C19H32N4O2. The second kappa shape index (κ2) is 11.7. The number of ether oxygens (including phenoxy) is 2. The first-order chi connectivity index (χ1) is 12.3. The van der Waals surface area contributed by atoms with E-state index in [9.17, 15) is 0 Å². The first-order valence-electron chi connectivity index (χ1n) is 9.28. The summed E-state index contributed by atoms with van der Waals surface area (Å²) in [5, 5.41) is 6.66. The first-order valence-corrected chi connectivity index (χ1v) is 9.28. The standard InChI is InChI=1S/C19H32N4O2/c1-3-4-8-21-19(20-2)22-16-17-6-5-7-18(15-17)25-14-11-23-9-12-24-13-10-23/h5-7,15H,3-4,8-14,16H2,1-2H3,(H2,20,21,22). The molecule has 0 bridgehead atoms. The Morgan fingerprint density at radius 2 is 2.12 bits per heavy atom. The van der Waals surface area contributed by atoms with Crippen LogP contribution >= 0.6 is 0 Å². The Hall–Kier alpha value is -1.79. The highest BCUT2D eigenvalue weighted by Gasteiger charge is 2.09. The number of benzene rings is 1. The van der Waals surface area contributed by atoms with E-state index in [0.717, 1.165) is 64.1 Å². The number of rotatable bonds is 9. The summed E-state index contributed by atoms with van der Waals surface area (Å²) >= 11 is 0. The smallest absolute Gasteiger partial charge is 0.191 e. The van der Waals surface area contributed by atoms with E-state index in [2.05, 4.69) is 39.6 Å². The van der Waals surface area contributed by atoms with Crippen molar-refractivity contribution in [3.05, 3.63) is 29.8 Å². The lowest BCUT2D eigenvalue weighted by atomic mass is 10.2. The van der Waals surface area contributed by atoms with Gasteiger partial charge in [0, 0.05) is 39.8 Å². The second-order valence-corrected chi connectivity index (χ2v) is 6.16. The number of aliphatic imine (C=N–C) groups is 1. The van der Waals surface area contributed by atoms with E-state index in [1.54, 1.807) is 7.05 Å². The second-order valence-electron chi connectivity index (χ2n) is 6.16. The summed E-state index contributed by atoms with van der Waals surface area (Å²) in [5.74, 6) is 1.76. The number of unbranched alkanes of at least 4 members (excludes halogenated alkanes) is 1. The molecule has 1 aromatic carbocycles. The molecule has 2 rings (SSSR count). The van der Waals surface area contributed by atoms with Crippen LogP contribution in [-0.4, -0.2) is 63.9 Å². The van der Waals surface area contributed by atoms with Crippen molar-refractivity contribution in [2.45, 2.75) is 26.3 Å². The number of nitrogens with zero attached hydrogens (tertiary/aromatic N) is 2. The average molecular weight is 348 g/mol. The molecule has 25 heavy (non-hydrogen) atoms. The van der Waals surface area contributed by atoms with Crippen molar-refractivity contribution in [3.8, 4) is 5.75 Å². The van der Waals surface area contributed by atoms with Crippen LogP contribution in [0.1, 0.15) is 25.3 Å². The van der Waals surface area contributed by atoms with Crippen molar-refractivity contribution >= 4 is 5.96 Å². The third-order valence-corrected chi connectivity index (χ3v) is 4.18. The normalized spacial score (nSPS) is 15.8. The van der Waals surface area contributed by atoms with Gasteiger partial charge in [-0.3, -0.25) is 9.89 Å². The van der Waals surface area contributed by atoms with E-state index in [1.165, 1.54) is 12.0 Å². The van der Waals surface area contributed by atoms with Crippen molar-refractivity contribution in [1.29, 1.82) is 0 Å². The van der Waals surface area contributed by atoms with Gasteiger partial charge in [-0.25, -0.2) is 0 Å². The molecule has 6 heteroatoms. The lowest BCUT2D eigenvalue weighted by Crippen LogP contribution is -2.38. The lowest BCUT2D eigenvalue weighted by molar-refractivity contribution is 0.0322. The summed E-state index contributed by atoms with van der Waals surface area (Å²) in [7, 11) is 1.80. The van der Waals surface area contributed by atoms with Gasteiger partial charge in [-0.1, -0.05) is 25.5 Å². The van der Waals surface area contributed by atoms with Crippen LogP contribution in [0.15, 0.2) is 29.3 Å². The molecule has 0 saturated carbocycles. The van der Waals surface area contributed by atoms with Gasteiger partial charge in [0.25, 0.3) is 0 Å². The fourth-order valence-electron chi connectivity index (χ4n) is 2.65. The van der Waals surface area contributed by atoms with E-state index in [-0.39, 0.29) is 0 Å². The minimum absolute atomic E-state index is 0.705. The maximum Gasteiger partial charge on any atom is 0.191 e. The zero-order valence-electron chi connectivity index (χ0n) is 15.6. The number of guanidine groups is 1. The zero-order valence-corrected chi connectivity index (χ0v) is 15.6. The predicted molar refractivity (Wildman–Crippen MR) is 102 cm³/mol. The van der Waals surface area contributed by atoms with Crippen molar-refractivity contribution in [1.82, 2.24) is 15.5 Å². The highest BCUT2D eigenvalue weighted by molar-refractivity contribution is 5.79. The van der Waals surface area contributed by atoms with Crippen LogP contribution in [0.4, 0.5) is 0 Å². The number of morpholine rings is 1. The van der Waals surface area contributed by atoms with Crippen LogP contribution in [0, 0.1) is 0 Å². The Kier molecular flexibility index (Phi) is 9.15. The third kappa shape index (κ3) is 7.75. The minimum atomic E-state index is 0.705. The van der Waals surface area contributed by atoms with Crippen LogP contribution in [0.5, 0.6) is 5.75 Å². The Balaban J connectivity index is 1.72. The van der Waals surface area contributed by atoms with Gasteiger partial charge < -0.3 is 20.1 Å². The highest BCUT2D eigenvalue weighted by Crippen LogP contribution is 2.13. The fraction of sp³-hybridized carbons (Fsp3) is 0.632. The topological polar surface area (TPSA) is 58.1 Å². The van der Waals surface area contributed by atoms with Gasteiger partial charge >= 0.3 is 0 Å². The van der Waals surface area contributed by atoms with Gasteiger partial charge in [-0.05, 0) is 24.1 Å². The summed E-state index contributed by atoms with van der Waals surface area (Å²) in [5.41, 5.74) is 1.18. The van der Waals surface area contributed by atoms with E-state index in [0.29, 0.717) is 6.61 Å². The molecule has 1 saturated heterocycles. The van der Waals surface area contributed by atoms with Gasteiger partial charge in [0.05, 0.1) is 13.2 Å². The molecule has 0 aliphatic carbocycles. The summed E-state index contributed by atoms with van der Waals surface area (Å²) in [6, 6.07) is 8.23. The molecule has 0 unspecified atom stereocenters. The van der Waals surface area contributed by atoms with Gasteiger partial charge in [0.2, 0.25) is 0 Å². The van der Waals surface area contributed by atoms with Gasteiger partial charge in [-0.2, -0.15) is 0 Å². The Morgan fingerprint density at radius 1 is 1.28 bits per heavy atom. The number of hydrogen-bond acceptors (Lipinski definition) is 4. The zero-order chi connectivity index (χ0) is 17.7. The van der Waals surface area contributed by atoms with Crippen molar-refractivity contribution in [2.75, 3.05) is 53.0 Å². The average Bonchev–Trinajstić information content (AvgIpc) is 2.66. The molecule has 1 aliphatic heterocycles. The van der Waals surface area contributed by atoms with Crippen molar-refractivity contribution in [3.63, 3.8) is 0 Å². The summed E-state index contributed by atoms with van der Waals surface area (Å²) < 4.78 is 11.3. The monoisotopic (exact) mass is 348 g/mol. The van der Waals surface area contributed by atoms with E-state index >= 15 is 0 Å². The van der Waals surface area contributed by atoms with Crippen LogP contribution < -0.4 is 15.4 Å². The van der Waals surface area contributed by atoms with E-state index in [1.807, 2.05) is 12.1 Å². The number of nitrogens with one attached hydrogen (secondary N) is 2. The highest BCUT2D eigenvalue weighted by atomic mass is 16.5. The van der Waals surface area contributed by atoms with Crippen LogP contribution in [0.2, 0.25) is 0 Å². The van der Waals surface area contributed by atoms with E-state index < -0.39 is 0 Å². The molecule has 0 atom stereocenters. The largest absolute Gasteiger partial charge is 0.492 e. The molecule has 140 valence electrons. The van der Waals surface area contributed by atoms with Crippen molar-refractivity contribution in [2.24, 2.45) is 4.99 Å². The maximum absolute atomic E-state index is 5.91. The Labute approximate surface area is 151 Å². The third-order valence-electron chi connectivity index (χ3n) is 4.18. The van der Waals surface area contributed by atoms with Crippen LogP contribution in [0.3, 0.4) is 0 Å². The Bertz CT molecular complexity index is 516. The molecule has 6 nitrogen and oxygen atoms in total. The Morgan fingerprint density at radius 3 is 2.88 bits per heavy atom. The molecule has 1 heterocycles. The fourth-order valence-corrected chi connectivity index (χ4v) is 2.65. The molecule has 0 aromatic heterocycles. The van der Waals surface area contributed by atoms with Crippen LogP contribution in [0.25, 0.3) is 0 Å². The molecule has 1 aromatic rings. The SMILES string of the molecule is CCCCNC(=NC)NCc1cccc(OCCN2CCOCC2)c1. The lowest BCUT2D eigenvalue weighted by Gasteiger charge is -2.26. The van der Waals surface area contributed by atoms with Crippen LogP contribution in [-0.2, 0) is 11.3 Å². The van der Waals surface area contributed by atoms with Gasteiger partial charge in [0.15, 0.2) is 5.96 Å². The molecular weight excluding hydrogens is 316 g/mol. The number of hydrogen-bond donors (Lipinski definition) is 2. The summed E-state index contributed by atoms with van der Waals surface area (Å²) in [4.78, 5) is 6.62. The van der Waals surface area contributed by atoms with E-state index in [4.69, 9.17) is 9.47 Å². The molecule has 1 aliphatic rings. The van der Waals surface area contributed by atoms with Gasteiger partial charge in [0.1, 0.15) is 12.4 Å². The quantitative estimate of drug-likeness (QED) is 0.405. The predicted octanol–water partition coefficient (Wildman–Crippen LogP) is 1.86.